The van der Waals surface area contributed by atoms with Gasteiger partial charge in [0, 0.05) is 13.1 Å². The molecule has 0 atom stereocenters. The normalized spacial score (nSPS) is 9.62. The lowest BCUT2D eigenvalue weighted by molar-refractivity contribution is -0.122. The molecule has 0 aliphatic rings. The van der Waals surface area contributed by atoms with Gasteiger partial charge in [0.15, 0.2) is 0 Å². The standard InChI is InChI=1S/C8H16N2O3/c1-6(2)9-7(11)5-10(3)8(12)13-4/h6H,5H2,1-4H3,(H,9,11). The summed E-state index contributed by atoms with van der Waals surface area (Å²) < 4.78 is 4.42. The van der Waals surface area contributed by atoms with Crippen molar-refractivity contribution in [3.05, 3.63) is 0 Å². The Kier molecular flexibility index (Phi) is 4.87. The molecule has 0 radical (unpaired) electrons. The Morgan fingerprint density at radius 1 is 1.46 bits per heavy atom. The Bertz CT molecular complexity index is 192. The first-order valence-electron chi connectivity index (χ1n) is 4.05. The van der Waals surface area contributed by atoms with Crippen LogP contribution in [0.15, 0.2) is 0 Å². The van der Waals surface area contributed by atoms with Crippen molar-refractivity contribution in [2.75, 3.05) is 20.7 Å². The molecule has 0 spiro atoms. The van der Waals surface area contributed by atoms with Gasteiger partial charge in [-0.15, -0.1) is 0 Å². The summed E-state index contributed by atoms with van der Waals surface area (Å²) in [6.45, 7) is 3.73. The zero-order valence-corrected chi connectivity index (χ0v) is 8.46. The third-order valence-electron chi connectivity index (χ3n) is 1.32. The molecule has 0 aromatic heterocycles. The third-order valence-corrected chi connectivity index (χ3v) is 1.32. The van der Waals surface area contributed by atoms with Crippen molar-refractivity contribution in [3.63, 3.8) is 0 Å². The average molecular weight is 188 g/mol. The van der Waals surface area contributed by atoms with Crippen LogP contribution in [0.1, 0.15) is 13.8 Å². The Hall–Kier alpha value is -1.26. The predicted octanol–water partition coefficient (Wildman–Crippen LogP) is 0.209. The van der Waals surface area contributed by atoms with E-state index in [1.54, 1.807) is 0 Å². The van der Waals surface area contributed by atoms with Crippen molar-refractivity contribution in [2.24, 2.45) is 0 Å². The third kappa shape index (κ3) is 5.05. The van der Waals surface area contributed by atoms with E-state index in [0.717, 1.165) is 0 Å². The lowest BCUT2D eigenvalue weighted by atomic mass is 10.4. The highest BCUT2D eigenvalue weighted by Gasteiger charge is 2.12. The number of methoxy groups -OCH3 is 1. The molecule has 2 amide bonds. The second kappa shape index (κ2) is 5.40. The number of nitrogens with zero attached hydrogens (tertiary/aromatic N) is 1. The van der Waals surface area contributed by atoms with Gasteiger partial charge in [0.2, 0.25) is 5.91 Å². The number of carbonyl (C=O) groups is 2. The summed E-state index contributed by atoms with van der Waals surface area (Å²) in [5.41, 5.74) is 0. The summed E-state index contributed by atoms with van der Waals surface area (Å²) in [5, 5.41) is 2.66. The van der Waals surface area contributed by atoms with Crippen molar-refractivity contribution in [3.8, 4) is 0 Å². The average Bonchev–Trinajstić information content (AvgIpc) is 2.01. The number of rotatable bonds is 3. The quantitative estimate of drug-likeness (QED) is 0.688. The van der Waals surface area contributed by atoms with Crippen LogP contribution < -0.4 is 5.32 Å². The number of carbonyl (C=O) groups excluding carboxylic acids is 2. The van der Waals surface area contributed by atoms with E-state index < -0.39 is 6.09 Å². The van der Waals surface area contributed by atoms with Crippen LogP contribution in [0.4, 0.5) is 4.79 Å². The number of ether oxygens (including phenoxy) is 1. The van der Waals surface area contributed by atoms with Crippen LogP contribution in [-0.2, 0) is 9.53 Å². The molecule has 0 aliphatic carbocycles. The Morgan fingerprint density at radius 3 is 2.38 bits per heavy atom. The molecule has 0 rings (SSSR count). The van der Waals surface area contributed by atoms with E-state index in [0.29, 0.717) is 0 Å². The molecule has 13 heavy (non-hydrogen) atoms. The van der Waals surface area contributed by atoms with E-state index in [9.17, 15) is 9.59 Å². The van der Waals surface area contributed by atoms with Crippen molar-refractivity contribution in [1.29, 1.82) is 0 Å². The van der Waals surface area contributed by atoms with Crippen LogP contribution in [0, 0.1) is 0 Å². The molecular weight excluding hydrogens is 172 g/mol. The van der Waals surface area contributed by atoms with E-state index in [1.165, 1.54) is 19.1 Å². The monoisotopic (exact) mass is 188 g/mol. The molecular formula is C8H16N2O3. The first kappa shape index (κ1) is 11.7. The summed E-state index contributed by atoms with van der Waals surface area (Å²) in [6.07, 6.45) is -0.515. The van der Waals surface area contributed by atoms with Crippen LogP contribution in [0.5, 0.6) is 0 Å². The number of hydrogen-bond donors (Lipinski definition) is 1. The Labute approximate surface area is 78.0 Å². The topological polar surface area (TPSA) is 58.6 Å². The van der Waals surface area contributed by atoms with Gasteiger partial charge in [0.05, 0.1) is 7.11 Å². The lowest BCUT2D eigenvalue weighted by Crippen LogP contribution is -2.40. The van der Waals surface area contributed by atoms with Crippen molar-refractivity contribution in [2.45, 2.75) is 19.9 Å². The molecule has 0 bridgehead atoms. The van der Waals surface area contributed by atoms with Gasteiger partial charge in [0.1, 0.15) is 6.54 Å². The SMILES string of the molecule is COC(=O)N(C)CC(=O)NC(C)C. The summed E-state index contributed by atoms with van der Waals surface area (Å²) in [4.78, 5) is 23.2. The summed E-state index contributed by atoms with van der Waals surface area (Å²) in [7, 11) is 2.78. The van der Waals surface area contributed by atoms with Gasteiger partial charge in [0.25, 0.3) is 0 Å². The fourth-order valence-corrected chi connectivity index (χ4v) is 0.803. The molecule has 5 heteroatoms. The second-order valence-electron chi connectivity index (χ2n) is 3.05. The summed E-state index contributed by atoms with van der Waals surface area (Å²) in [5.74, 6) is -0.192. The van der Waals surface area contributed by atoms with Crippen molar-refractivity contribution >= 4 is 12.0 Å². The molecule has 0 aliphatic heterocycles. The Balaban J connectivity index is 3.85. The van der Waals surface area contributed by atoms with Gasteiger partial charge >= 0.3 is 6.09 Å². The second-order valence-corrected chi connectivity index (χ2v) is 3.05. The van der Waals surface area contributed by atoms with Gasteiger partial charge in [-0.3, -0.25) is 4.79 Å². The summed E-state index contributed by atoms with van der Waals surface area (Å²) in [6, 6.07) is 0.0820. The fraction of sp³-hybridized carbons (Fsp3) is 0.750. The van der Waals surface area contributed by atoms with Crippen molar-refractivity contribution < 1.29 is 14.3 Å². The minimum absolute atomic E-state index is 0.0187. The minimum Gasteiger partial charge on any atom is -0.453 e. The predicted molar refractivity (Wildman–Crippen MR) is 48.3 cm³/mol. The van der Waals surface area contributed by atoms with Crippen LogP contribution in [-0.4, -0.2) is 43.6 Å². The van der Waals surface area contributed by atoms with Gasteiger partial charge < -0.3 is 15.0 Å². The first-order valence-corrected chi connectivity index (χ1v) is 4.05. The lowest BCUT2D eigenvalue weighted by Gasteiger charge is -2.15. The number of nitrogens with one attached hydrogen (secondary N) is 1. The largest absolute Gasteiger partial charge is 0.453 e. The van der Waals surface area contributed by atoms with Gasteiger partial charge in [-0.2, -0.15) is 0 Å². The van der Waals surface area contributed by atoms with E-state index >= 15 is 0 Å². The maximum absolute atomic E-state index is 11.1. The molecule has 76 valence electrons. The zero-order valence-electron chi connectivity index (χ0n) is 8.46. The molecule has 1 N–H and O–H groups in total. The molecule has 0 unspecified atom stereocenters. The molecule has 0 saturated heterocycles. The zero-order chi connectivity index (χ0) is 10.4. The molecule has 0 aromatic rings. The van der Waals surface area contributed by atoms with Gasteiger partial charge in [-0.1, -0.05) is 0 Å². The molecule has 0 aromatic carbocycles. The number of amides is 2. The highest BCUT2D eigenvalue weighted by Crippen LogP contribution is 1.88. The van der Waals surface area contributed by atoms with Crippen LogP contribution >= 0.6 is 0 Å². The highest BCUT2D eigenvalue weighted by atomic mass is 16.5. The van der Waals surface area contributed by atoms with Crippen LogP contribution in [0.25, 0.3) is 0 Å². The first-order chi connectivity index (χ1) is 5.97. The maximum atomic E-state index is 11.1. The Morgan fingerprint density at radius 2 is 2.00 bits per heavy atom. The number of hydrogen-bond acceptors (Lipinski definition) is 3. The van der Waals surface area contributed by atoms with E-state index in [-0.39, 0.29) is 18.5 Å². The summed E-state index contributed by atoms with van der Waals surface area (Å²) >= 11 is 0. The van der Waals surface area contributed by atoms with Crippen LogP contribution in [0.2, 0.25) is 0 Å². The van der Waals surface area contributed by atoms with E-state index in [1.807, 2.05) is 13.8 Å². The number of likely N-dealkylation sites (N-methyl/N-ethyl adjacent to an activating group) is 1. The van der Waals surface area contributed by atoms with E-state index in [2.05, 4.69) is 10.1 Å². The molecule has 5 nitrogen and oxygen atoms in total. The van der Waals surface area contributed by atoms with Crippen LogP contribution in [0.3, 0.4) is 0 Å². The molecule has 0 saturated carbocycles. The smallest absolute Gasteiger partial charge is 0.409 e. The van der Waals surface area contributed by atoms with Gasteiger partial charge in [-0.05, 0) is 13.8 Å². The fourth-order valence-electron chi connectivity index (χ4n) is 0.803. The molecule has 0 heterocycles. The maximum Gasteiger partial charge on any atom is 0.409 e. The van der Waals surface area contributed by atoms with Crippen molar-refractivity contribution in [1.82, 2.24) is 10.2 Å². The minimum atomic E-state index is -0.515. The highest BCUT2D eigenvalue weighted by molar-refractivity contribution is 5.82. The molecule has 0 fully saturated rings. The van der Waals surface area contributed by atoms with E-state index in [4.69, 9.17) is 0 Å². The van der Waals surface area contributed by atoms with Gasteiger partial charge in [-0.25, -0.2) is 4.79 Å².